The summed E-state index contributed by atoms with van der Waals surface area (Å²) in [5.41, 5.74) is 2.49. The van der Waals surface area contributed by atoms with Gasteiger partial charge in [0.15, 0.2) is 6.61 Å². The van der Waals surface area contributed by atoms with Crippen LogP contribution in [-0.2, 0) is 11.3 Å². The maximum absolute atomic E-state index is 12.4. The lowest BCUT2D eigenvalue weighted by molar-refractivity contribution is -0.153. The topological polar surface area (TPSA) is 65.4 Å². The smallest absolute Gasteiger partial charge is 0.422 e. The van der Waals surface area contributed by atoms with Crippen LogP contribution in [-0.4, -0.2) is 37.2 Å². The lowest BCUT2D eigenvalue weighted by atomic mass is 10.1. The number of hydrogen-bond acceptors (Lipinski definition) is 5. The molecule has 0 bridgehead atoms. The molecule has 0 radical (unpaired) electrons. The van der Waals surface area contributed by atoms with Gasteiger partial charge in [-0.3, -0.25) is 9.69 Å². The molecule has 9 heteroatoms. The van der Waals surface area contributed by atoms with Crippen molar-refractivity contribution >= 4 is 22.2 Å². The number of ether oxygens (including phenoxy) is 1. The highest BCUT2D eigenvalue weighted by molar-refractivity contribution is 7.14. The molecule has 1 N–H and O–H groups in total. The minimum absolute atomic E-state index is 0.104. The second-order valence-corrected chi connectivity index (χ2v) is 7.37. The minimum atomic E-state index is -4.39. The fraction of sp³-hybridized carbons (Fsp3) is 0.368. The Morgan fingerprint density at radius 3 is 2.54 bits per heavy atom. The van der Waals surface area contributed by atoms with E-state index in [2.05, 4.69) is 5.32 Å². The summed E-state index contributed by atoms with van der Waals surface area (Å²) in [4.78, 5) is 13.9. The number of nitrogens with one attached hydrogen (secondary N) is 1. The lowest BCUT2D eigenvalue weighted by Gasteiger charge is -2.19. The molecule has 0 saturated heterocycles. The zero-order valence-corrected chi connectivity index (χ0v) is 16.5. The molecule has 2 rings (SSSR count). The summed E-state index contributed by atoms with van der Waals surface area (Å²) in [5, 5.41) is 13.9. The molecule has 2 aromatic rings. The van der Waals surface area contributed by atoms with Gasteiger partial charge in [0.2, 0.25) is 5.91 Å². The van der Waals surface area contributed by atoms with Crippen molar-refractivity contribution in [3.63, 3.8) is 0 Å². The number of likely N-dealkylation sites (N-methyl/N-ethyl adjacent to an activating group) is 1. The number of rotatable bonds is 7. The Balaban J connectivity index is 1.97. The highest BCUT2D eigenvalue weighted by atomic mass is 32.1. The van der Waals surface area contributed by atoms with Gasteiger partial charge in [0.25, 0.3) is 0 Å². The normalized spacial score (nSPS) is 11.4. The number of carbonyl (C=O) groups is 1. The van der Waals surface area contributed by atoms with E-state index in [0.717, 1.165) is 5.56 Å². The zero-order valence-electron chi connectivity index (χ0n) is 15.7. The number of alkyl halides is 3. The number of aryl methyl sites for hydroxylation is 2. The Bertz CT molecular complexity index is 864. The second kappa shape index (κ2) is 9.08. The van der Waals surface area contributed by atoms with E-state index < -0.39 is 12.8 Å². The summed E-state index contributed by atoms with van der Waals surface area (Å²) < 4.78 is 42.0. The van der Waals surface area contributed by atoms with E-state index >= 15 is 0 Å². The first kappa shape index (κ1) is 21.7. The van der Waals surface area contributed by atoms with Crippen molar-refractivity contribution in [2.75, 3.05) is 25.5 Å². The molecule has 0 saturated carbocycles. The molecule has 0 atom stereocenters. The first-order valence-corrected chi connectivity index (χ1v) is 9.22. The molecule has 0 aliphatic carbocycles. The predicted octanol–water partition coefficient (Wildman–Crippen LogP) is 4.25. The Kier molecular flexibility index (Phi) is 7.05. The van der Waals surface area contributed by atoms with Crippen molar-refractivity contribution in [1.29, 1.82) is 5.26 Å². The van der Waals surface area contributed by atoms with Crippen molar-refractivity contribution in [2.24, 2.45) is 0 Å². The van der Waals surface area contributed by atoms with Crippen LogP contribution in [0.4, 0.5) is 18.2 Å². The fourth-order valence-electron chi connectivity index (χ4n) is 2.79. The Morgan fingerprint density at radius 2 is 1.96 bits per heavy atom. The number of halogens is 3. The molecule has 0 unspecified atom stereocenters. The quantitative estimate of drug-likeness (QED) is 0.740. The van der Waals surface area contributed by atoms with Gasteiger partial charge in [-0.05, 0) is 49.0 Å². The minimum Gasteiger partial charge on any atom is -0.484 e. The summed E-state index contributed by atoms with van der Waals surface area (Å²) >= 11 is 1.28. The average molecular weight is 411 g/mol. The van der Waals surface area contributed by atoms with Crippen LogP contribution in [0.1, 0.15) is 22.3 Å². The number of nitriles is 1. The van der Waals surface area contributed by atoms with E-state index in [-0.39, 0.29) is 18.2 Å². The van der Waals surface area contributed by atoms with E-state index in [4.69, 9.17) is 10.00 Å². The van der Waals surface area contributed by atoms with Crippen molar-refractivity contribution in [2.45, 2.75) is 26.6 Å². The third-order valence-corrected chi connectivity index (χ3v) is 4.63. The first-order valence-electron chi connectivity index (χ1n) is 8.34. The number of anilines is 1. The number of thiophene rings is 1. The van der Waals surface area contributed by atoms with E-state index in [1.54, 1.807) is 49.4 Å². The Hall–Kier alpha value is -2.57. The first-order chi connectivity index (χ1) is 13.1. The number of carbonyl (C=O) groups excluding carboxylic acids is 1. The zero-order chi connectivity index (χ0) is 20.9. The molecular weight excluding hydrogens is 391 g/mol. The van der Waals surface area contributed by atoms with Crippen LogP contribution >= 0.6 is 11.3 Å². The van der Waals surface area contributed by atoms with E-state index in [1.165, 1.54) is 11.3 Å². The Labute approximate surface area is 165 Å². The van der Waals surface area contributed by atoms with E-state index in [9.17, 15) is 18.0 Å². The molecule has 150 valence electrons. The summed E-state index contributed by atoms with van der Waals surface area (Å²) in [6.07, 6.45) is -4.39. The highest BCUT2D eigenvalue weighted by Crippen LogP contribution is 2.27. The maximum atomic E-state index is 12.4. The summed E-state index contributed by atoms with van der Waals surface area (Å²) in [5.74, 6) is -0.0248. The molecule has 1 heterocycles. The van der Waals surface area contributed by atoms with Gasteiger partial charge in [0.05, 0.1) is 12.1 Å². The number of hydrogen-bond donors (Lipinski definition) is 1. The molecule has 1 aromatic heterocycles. The molecule has 0 spiro atoms. The van der Waals surface area contributed by atoms with Crippen LogP contribution in [0.2, 0.25) is 0 Å². The molecule has 1 amide bonds. The van der Waals surface area contributed by atoms with Gasteiger partial charge in [0.1, 0.15) is 16.8 Å². The summed E-state index contributed by atoms with van der Waals surface area (Å²) in [6, 6.07) is 7.15. The van der Waals surface area contributed by atoms with Crippen LogP contribution in [0.5, 0.6) is 5.75 Å². The van der Waals surface area contributed by atoms with E-state index in [0.29, 0.717) is 28.2 Å². The van der Waals surface area contributed by atoms with Crippen LogP contribution < -0.4 is 10.1 Å². The third-order valence-electron chi connectivity index (χ3n) is 3.80. The van der Waals surface area contributed by atoms with Gasteiger partial charge in [-0.2, -0.15) is 18.4 Å². The van der Waals surface area contributed by atoms with Gasteiger partial charge in [-0.1, -0.05) is 12.1 Å². The standard InChI is InChI=1S/C19H20F3N3O2S/c1-12-6-14(7-13(2)17(12)27-11-19(20,21)22)9-25(3)10-16(26)24-18-15(8-23)4-5-28-18/h4-7H,9-11H2,1-3H3,(H,24,26). The predicted molar refractivity (Wildman–Crippen MR) is 101 cm³/mol. The molecular formula is C19H20F3N3O2S. The molecule has 0 fully saturated rings. The number of amides is 1. The summed E-state index contributed by atoms with van der Waals surface area (Å²) in [7, 11) is 1.76. The van der Waals surface area contributed by atoms with Gasteiger partial charge >= 0.3 is 6.18 Å². The monoisotopic (exact) mass is 411 g/mol. The van der Waals surface area contributed by atoms with Gasteiger partial charge in [0, 0.05) is 6.54 Å². The van der Waals surface area contributed by atoms with Crippen molar-refractivity contribution in [3.8, 4) is 11.8 Å². The number of nitrogens with zero attached hydrogens (tertiary/aromatic N) is 2. The molecule has 1 aromatic carbocycles. The van der Waals surface area contributed by atoms with Gasteiger partial charge < -0.3 is 10.1 Å². The largest absolute Gasteiger partial charge is 0.484 e. The fourth-order valence-corrected chi connectivity index (χ4v) is 3.54. The third kappa shape index (κ3) is 6.25. The van der Waals surface area contributed by atoms with Gasteiger partial charge in [-0.15, -0.1) is 11.3 Å². The maximum Gasteiger partial charge on any atom is 0.422 e. The molecule has 5 nitrogen and oxygen atoms in total. The molecule has 0 aliphatic rings. The van der Waals surface area contributed by atoms with Gasteiger partial charge in [-0.25, -0.2) is 0 Å². The van der Waals surface area contributed by atoms with Crippen molar-refractivity contribution in [3.05, 3.63) is 45.8 Å². The van der Waals surface area contributed by atoms with Crippen molar-refractivity contribution < 1.29 is 22.7 Å². The SMILES string of the molecule is Cc1cc(CN(C)CC(=O)Nc2sccc2C#N)cc(C)c1OCC(F)(F)F. The van der Waals surface area contributed by atoms with Crippen LogP contribution in [0.25, 0.3) is 0 Å². The highest BCUT2D eigenvalue weighted by Gasteiger charge is 2.29. The Morgan fingerprint density at radius 1 is 1.32 bits per heavy atom. The molecule has 0 aliphatic heterocycles. The van der Waals surface area contributed by atoms with Crippen LogP contribution in [0, 0.1) is 25.2 Å². The number of benzene rings is 1. The van der Waals surface area contributed by atoms with E-state index in [1.807, 2.05) is 6.07 Å². The molecule has 28 heavy (non-hydrogen) atoms. The van der Waals surface area contributed by atoms with Crippen LogP contribution in [0.3, 0.4) is 0 Å². The average Bonchev–Trinajstić information content (AvgIpc) is 2.99. The second-order valence-electron chi connectivity index (χ2n) is 6.46. The lowest BCUT2D eigenvalue weighted by Crippen LogP contribution is -2.29. The van der Waals surface area contributed by atoms with Crippen molar-refractivity contribution in [1.82, 2.24) is 4.90 Å². The summed E-state index contributed by atoms with van der Waals surface area (Å²) in [6.45, 7) is 2.59. The van der Waals surface area contributed by atoms with Crippen LogP contribution in [0.15, 0.2) is 23.6 Å².